The topological polar surface area (TPSA) is 12.0 Å². The summed E-state index contributed by atoms with van der Waals surface area (Å²) in [6, 6.07) is 0.756. The molecule has 1 nitrogen and oxygen atoms in total. The Hall–Kier alpha value is -0.0400. The highest BCUT2D eigenvalue weighted by Gasteiger charge is 2.12. The Morgan fingerprint density at radius 1 is 0.933 bits per heavy atom. The minimum atomic E-state index is 0.756. The van der Waals surface area contributed by atoms with Gasteiger partial charge in [-0.25, -0.2) is 0 Å². The molecule has 0 aromatic heterocycles. The molecule has 0 heterocycles. The average Bonchev–Trinajstić information content (AvgIpc) is 2.28. The molecule has 15 heavy (non-hydrogen) atoms. The summed E-state index contributed by atoms with van der Waals surface area (Å²) in [5.74, 6) is 0.944. The van der Waals surface area contributed by atoms with Crippen molar-refractivity contribution in [2.24, 2.45) is 5.92 Å². The van der Waals surface area contributed by atoms with E-state index in [-0.39, 0.29) is 0 Å². The van der Waals surface area contributed by atoms with Crippen LogP contribution < -0.4 is 5.32 Å². The Kier molecular flexibility index (Phi) is 10.4. The smallest absolute Gasteiger partial charge is 0.00666 e. The van der Waals surface area contributed by atoms with Crippen molar-refractivity contribution in [3.05, 3.63) is 0 Å². The second kappa shape index (κ2) is 10.5. The first kappa shape index (κ1) is 15.0. The van der Waals surface area contributed by atoms with Gasteiger partial charge in [0.2, 0.25) is 0 Å². The summed E-state index contributed by atoms with van der Waals surface area (Å²) in [6.45, 7) is 6.91. The fraction of sp³-hybridized carbons (Fsp3) is 1.00. The van der Waals surface area contributed by atoms with Crippen molar-refractivity contribution in [1.29, 1.82) is 0 Å². The van der Waals surface area contributed by atoms with Crippen molar-refractivity contribution >= 4 is 0 Å². The molecule has 0 saturated carbocycles. The number of rotatable bonds is 10. The fourth-order valence-electron chi connectivity index (χ4n) is 2.21. The van der Waals surface area contributed by atoms with Gasteiger partial charge in [-0.3, -0.25) is 0 Å². The van der Waals surface area contributed by atoms with E-state index in [1.807, 2.05) is 0 Å². The molecule has 1 heteroatoms. The van der Waals surface area contributed by atoms with Gasteiger partial charge >= 0.3 is 0 Å². The molecular weight excluding hydrogens is 182 g/mol. The second-order valence-corrected chi connectivity index (χ2v) is 4.78. The molecule has 0 aliphatic rings. The molecule has 0 radical (unpaired) electrons. The van der Waals surface area contributed by atoms with Crippen molar-refractivity contribution in [3.8, 4) is 0 Å². The molecule has 0 fully saturated rings. The first-order valence-electron chi connectivity index (χ1n) is 6.95. The van der Waals surface area contributed by atoms with E-state index >= 15 is 0 Å². The van der Waals surface area contributed by atoms with Gasteiger partial charge in [0.25, 0.3) is 0 Å². The number of hydrogen-bond donors (Lipinski definition) is 1. The maximum absolute atomic E-state index is 3.48. The lowest BCUT2D eigenvalue weighted by Crippen LogP contribution is -2.27. The molecule has 2 unspecified atom stereocenters. The Bertz CT molecular complexity index is 109. The van der Waals surface area contributed by atoms with Gasteiger partial charge < -0.3 is 5.32 Å². The Morgan fingerprint density at radius 2 is 1.53 bits per heavy atom. The first-order chi connectivity index (χ1) is 7.28. The average molecular weight is 213 g/mol. The van der Waals surface area contributed by atoms with Crippen LogP contribution in [0.5, 0.6) is 0 Å². The number of hydrogen-bond acceptors (Lipinski definition) is 1. The van der Waals surface area contributed by atoms with E-state index in [1.165, 1.54) is 51.4 Å². The van der Waals surface area contributed by atoms with Crippen LogP contribution in [0.4, 0.5) is 0 Å². The van der Waals surface area contributed by atoms with Crippen LogP contribution in [0.1, 0.15) is 72.1 Å². The summed E-state index contributed by atoms with van der Waals surface area (Å²) < 4.78 is 0. The summed E-state index contributed by atoms with van der Waals surface area (Å²) in [5, 5.41) is 3.48. The van der Waals surface area contributed by atoms with Crippen molar-refractivity contribution in [2.45, 2.75) is 78.2 Å². The van der Waals surface area contributed by atoms with Crippen molar-refractivity contribution in [1.82, 2.24) is 5.32 Å². The molecule has 0 aromatic carbocycles. The molecule has 0 rings (SSSR count). The van der Waals surface area contributed by atoms with Crippen molar-refractivity contribution < 1.29 is 0 Å². The van der Waals surface area contributed by atoms with E-state index < -0.39 is 0 Å². The van der Waals surface area contributed by atoms with Crippen LogP contribution in [0.15, 0.2) is 0 Å². The van der Waals surface area contributed by atoms with Crippen LogP contribution in [-0.4, -0.2) is 13.1 Å². The molecule has 0 amide bonds. The van der Waals surface area contributed by atoms with Gasteiger partial charge in [0.05, 0.1) is 0 Å². The Balaban J connectivity index is 3.77. The summed E-state index contributed by atoms with van der Waals surface area (Å²) in [4.78, 5) is 0. The van der Waals surface area contributed by atoms with Gasteiger partial charge in [-0.1, -0.05) is 59.3 Å². The minimum absolute atomic E-state index is 0.756. The van der Waals surface area contributed by atoms with Gasteiger partial charge in [-0.05, 0) is 25.8 Å². The van der Waals surface area contributed by atoms with Gasteiger partial charge in [-0.15, -0.1) is 0 Å². The van der Waals surface area contributed by atoms with E-state index in [0.717, 1.165) is 12.0 Å². The highest BCUT2D eigenvalue weighted by molar-refractivity contribution is 4.70. The predicted octanol–water partition coefficient (Wildman–Crippen LogP) is 4.37. The largest absolute Gasteiger partial charge is 0.317 e. The van der Waals surface area contributed by atoms with E-state index in [2.05, 4.69) is 33.1 Å². The normalized spacial score (nSPS) is 15.2. The fourth-order valence-corrected chi connectivity index (χ4v) is 2.21. The van der Waals surface area contributed by atoms with Crippen molar-refractivity contribution in [2.75, 3.05) is 7.05 Å². The predicted molar refractivity (Wildman–Crippen MR) is 70.3 cm³/mol. The summed E-state index contributed by atoms with van der Waals surface area (Å²) in [6.07, 6.45) is 11.0. The summed E-state index contributed by atoms with van der Waals surface area (Å²) in [5.41, 5.74) is 0. The SMILES string of the molecule is CCCCC(CC)CC(CCCC)NC. The lowest BCUT2D eigenvalue weighted by molar-refractivity contribution is 0.344. The van der Waals surface area contributed by atoms with Crippen LogP contribution in [0.25, 0.3) is 0 Å². The third-order valence-electron chi connectivity index (χ3n) is 3.48. The van der Waals surface area contributed by atoms with Crippen molar-refractivity contribution in [3.63, 3.8) is 0 Å². The van der Waals surface area contributed by atoms with Gasteiger partial charge in [0.15, 0.2) is 0 Å². The summed E-state index contributed by atoms with van der Waals surface area (Å²) >= 11 is 0. The van der Waals surface area contributed by atoms with E-state index in [1.54, 1.807) is 0 Å². The zero-order valence-electron chi connectivity index (χ0n) is 11.3. The maximum atomic E-state index is 3.48. The third kappa shape index (κ3) is 7.84. The first-order valence-corrected chi connectivity index (χ1v) is 6.95. The lowest BCUT2D eigenvalue weighted by Gasteiger charge is -2.22. The zero-order chi connectivity index (χ0) is 11.5. The van der Waals surface area contributed by atoms with Gasteiger partial charge in [0, 0.05) is 6.04 Å². The standard InChI is InChI=1S/C14H31N/c1-5-8-10-13(7-3)12-14(15-4)11-9-6-2/h13-15H,5-12H2,1-4H3. The van der Waals surface area contributed by atoms with Crippen LogP contribution in [-0.2, 0) is 0 Å². The Labute approximate surface area is 97.0 Å². The van der Waals surface area contributed by atoms with E-state index in [4.69, 9.17) is 0 Å². The quantitative estimate of drug-likeness (QED) is 0.568. The van der Waals surface area contributed by atoms with Crippen LogP contribution >= 0.6 is 0 Å². The molecule has 0 aromatic rings. The maximum Gasteiger partial charge on any atom is 0.00666 e. The van der Waals surface area contributed by atoms with Gasteiger partial charge in [-0.2, -0.15) is 0 Å². The molecule has 0 saturated heterocycles. The molecule has 92 valence electrons. The van der Waals surface area contributed by atoms with E-state index in [9.17, 15) is 0 Å². The molecule has 0 bridgehead atoms. The van der Waals surface area contributed by atoms with Gasteiger partial charge in [0.1, 0.15) is 0 Å². The second-order valence-electron chi connectivity index (χ2n) is 4.78. The lowest BCUT2D eigenvalue weighted by atomic mass is 9.90. The molecule has 0 spiro atoms. The highest BCUT2D eigenvalue weighted by Crippen LogP contribution is 2.20. The number of nitrogens with one attached hydrogen (secondary N) is 1. The Morgan fingerprint density at radius 3 is 2.00 bits per heavy atom. The summed E-state index contributed by atoms with van der Waals surface area (Å²) in [7, 11) is 2.12. The zero-order valence-corrected chi connectivity index (χ0v) is 11.3. The van der Waals surface area contributed by atoms with Crippen LogP contribution in [0.3, 0.4) is 0 Å². The molecule has 0 aliphatic carbocycles. The van der Waals surface area contributed by atoms with E-state index in [0.29, 0.717) is 0 Å². The third-order valence-corrected chi connectivity index (χ3v) is 3.48. The molecule has 1 N–H and O–H groups in total. The molecule has 0 aliphatic heterocycles. The monoisotopic (exact) mass is 213 g/mol. The minimum Gasteiger partial charge on any atom is -0.317 e. The number of unbranched alkanes of at least 4 members (excludes halogenated alkanes) is 2. The highest BCUT2D eigenvalue weighted by atomic mass is 14.9. The van der Waals surface area contributed by atoms with Crippen LogP contribution in [0, 0.1) is 5.92 Å². The molecule has 2 atom stereocenters. The van der Waals surface area contributed by atoms with Crippen LogP contribution in [0.2, 0.25) is 0 Å². The molecular formula is C14H31N.